The van der Waals surface area contributed by atoms with E-state index in [1.165, 1.54) is 6.20 Å². The second-order valence-electron chi connectivity index (χ2n) is 10.1. The second-order valence-corrected chi connectivity index (χ2v) is 10.1. The van der Waals surface area contributed by atoms with Crippen molar-refractivity contribution in [1.82, 2.24) is 25.3 Å². The van der Waals surface area contributed by atoms with E-state index < -0.39 is 29.1 Å². The first-order chi connectivity index (χ1) is 17.8. The Morgan fingerprint density at radius 2 is 2.00 bits per heavy atom. The van der Waals surface area contributed by atoms with E-state index in [4.69, 9.17) is 10.5 Å². The number of aromatic amines is 1. The van der Waals surface area contributed by atoms with Gasteiger partial charge in [-0.2, -0.15) is 13.2 Å². The molecule has 3 fully saturated rings. The summed E-state index contributed by atoms with van der Waals surface area (Å²) >= 11 is 0. The minimum atomic E-state index is -4.69. The number of anilines is 1. The number of hydrogen-bond acceptors (Lipinski definition) is 8. The minimum Gasteiger partial charge on any atom is -0.378 e. The Hall–Kier alpha value is -3.09. The van der Waals surface area contributed by atoms with Gasteiger partial charge in [0.05, 0.1) is 24.8 Å². The number of morpholine rings is 1. The number of halogens is 3. The first-order valence-corrected chi connectivity index (χ1v) is 12.5. The van der Waals surface area contributed by atoms with Gasteiger partial charge in [-0.1, -0.05) is 0 Å². The van der Waals surface area contributed by atoms with Crippen LogP contribution >= 0.6 is 0 Å². The largest absolute Gasteiger partial charge is 0.419 e. The van der Waals surface area contributed by atoms with Crippen molar-refractivity contribution in [3.8, 4) is 11.3 Å². The van der Waals surface area contributed by atoms with Crippen molar-refractivity contribution in [1.29, 1.82) is 0 Å². The second kappa shape index (κ2) is 9.03. The number of rotatable bonds is 3. The summed E-state index contributed by atoms with van der Waals surface area (Å²) in [6, 6.07) is 2.98. The lowest BCUT2D eigenvalue weighted by atomic mass is 9.77. The third-order valence-corrected chi connectivity index (χ3v) is 7.84. The minimum absolute atomic E-state index is 0.0372. The van der Waals surface area contributed by atoms with Crippen LogP contribution in [-0.4, -0.2) is 71.2 Å². The lowest BCUT2D eigenvalue weighted by molar-refractivity contribution is -0.137. The number of carbonyl (C=O) groups excluding carboxylic acids is 1. The van der Waals surface area contributed by atoms with Crippen molar-refractivity contribution >= 4 is 22.6 Å². The van der Waals surface area contributed by atoms with Crippen LogP contribution in [0.15, 0.2) is 24.5 Å². The molecule has 2 saturated heterocycles. The first kappa shape index (κ1) is 24.3. The Labute approximate surface area is 211 Å². The van der Waals surface area contributed by atoms with Crippen molar-refractivity contribution in [3.63, 3.8) is 0 Å². The van der Waals surface area contributed by atoms with Gasteiger partial charge in [0.25, 0.3) is 0 Å². The van der Waals surface area contributed by atoms with Gasteiger partial charge < -0.3 is 25.7 Å². The van der Waals surface area contributed by atoms with E-state index in [1.54, 1.807) is 12.1 Å². The zero-order valence-corrected chi connectivity index (χ0v) is 20.1. The van der Waals surface area contributed by atoms with E-state index in [0.29, 0.717) is 56.7 Å². The molecule has 196 valence electrons. The highest BCUT2D eigenvalue weighted by atomic mass is 19.4. The summed E-state index contributed by atoms with van der Waals surface area (Å²) in [4.78, 5) is 31.6. The number of nitrogens with one attached hydrogen (secondary N) is 2. The summed E-state index contributed by atoms with van der Waals surface area (Å²) in [6.07, 6.45) is -0.421. The number of fused-ring (bicyclic) bond motifs is 1. The highest BCUT2D eigenvalue weighted by Gasteiger charge is 2.53. The standard InChI is InChI=1S/C25H28F3N7O2/c26-25(27,28)16-12-32-23(19-17(29)10-24(21(19)36)4-1-5-30-13-24)34-20(16)15-11-31-22-14(15)2-3-18(33-22)35-6-8-37-9-7-35/h2-3,11-12,17,19,30H,1,4-10,13,29H2,(H,31,33). The average molecular weight is 516 g/mol. The van der Waals surface area contributed by atoms with Gasteiger partial charge in [0.1, 0.15) is 22.9 Å². The van der Waals surface area contributed by atoms with Gasteiger partial charge in [-0.25, -0.2) is 15.0 Å². The lowest BCUT2D eigenvalue weighted by Crippen LogP contribution is -2.43. The van der Waals surface area contributed by atoms with Crippen molar-refractivity contribution in [2.45, 2.75) is 37.4 Å². The van der Waals surface area contributed by atoms with E-state index in [9.17, 15) is 18.0 Å². The molecule has 12 heteroatoms. The van der Waals surface area contributed by atoms with Gasteiger partial charge in [0, 0.05) is 54.4 Å². The fraction of sp³-hybridized carbons (Fsp3) is 0.520. The zero-order chi connectivity index (χ0) is 25.8. The molecule has 37 heavy (non-hydrogen) atoms. The maximum absolute atomic E-state index is 14.1. The number of piperidine rings is 1. The topological polar surface area (TPSA) is 122 Å². The molecule has 9 nitrogen and oxygen atoms in total. The number of aromatic nitrogens is 4. The van der Waals surface area contributed by atoms with Crippen molar-refractivity contribution in [3.05, 3.63) is 35.9 Å². The van der Waals surface area contributed by atoms with Crippen molar-refractivity contribution in [2.75, 3.05) is 44.3 Å². The van der Waals surface area contributed by atoms with Gasteiger partial charge in [-0.15, -0.1) is 0 Å². The van der Waals surface area contributed by atoms with E-state index >= 15 is 0 Å². The zero-order valence-electron chi connectivity index (χ0n) is 20.1. The maximum atomic E-state index is 14.1. The number of Topliss-reactive ketones (excluding diaryl/α,β-unsaturated/α-hetero) is 1. The van der Waals surface area contributed by atoms with Gasteiger partial charge in [0.15, 0.2) is 5.78 Å². The summed E-state index contributed by atoms with van der Waals surface area (Å²) < 4.78 is 47.6. The molecular weight excluding hydrogens is 487 g/mol. The predicted octanol–water partition coefficient (Wildman–Crippen LogP) is 2.63. The number of ether oxygens (including phenoxy) is 1. The summed E-state index contributed by atoms with van der Waals surface area (Å²) in [5.74, 6) is -0.182. The molecule has 2 aliphatic heterocycles. The van der Waals surface area contributed by atoms with Crippen LogP contribution < -0.4 is 16.0 Å². The number of nitrogens with zero attached hydrogens (tertiary/aromatic N) is 4. The fourth-order valence-electron chi connectivity index (χ4n) is 5.97. The van der Waals surface area contributed by atoms with Crippen LogP contribution in [0.1, 0.15) is 36.6 Å². The van der Waals surface area contributed by atoms with Crippen LogP contribution in [0.25, 0.3) is 22.3 Å². The molecule has 0 amide bonds. The Balaban J connectivity index is 1.41. The van der Waals surface area contributed by atoms with Gasteiger partial charge >= 0.3 is 6.18 Å². The SMILES string of the molecule is NC1CC2(CCCNC2)C(=O)C1c1ncc(C(F)(F)F)c(-c2c[nH]c3nc(N4CCOCC4)ccc23)n1. The van der Waals surface area contributed by atoms with Crippen molar-refractivity contribution in [2.24, 2.45) is 11.1 Å². The maximum Gasteiger partial charge on any atom is 0.419 e. The molecule has 3 aliphatic rings. The molecule has 3 aromatic rings. The third-order valence-electron chi connectivity index (χ3n) is 7.84. The van der Waals surface area contributed by atoms with Crippen LogP contribution in [0.3, 0.4) is 0 Å². The van der Waals surface area contributed by atoms with Crippen molar-refractivity contribution < 1.29 is 22.7 Å². The van der Waals surface area contributed by atoms with Crippen LogP contribution in [0.2, 0.25) is 0 Å². The molecule has 6 rings (SSSR count). The molecule has 3 aromatic heterocycles. The molecule has 1 spiro atoms. The smallest absolute Gasteiger partial charge is 0.378 e. The molecule has 0 bridgehead atoms. The highest BCUT2D eigenvalue weighted by Crippen LogP contribution is 2.46. The number of H-pyrrole nitrogens is 1. The molecule has 1 aliphatic carbocycles. The van der Waals surface area contributed by atoms with E-state index in [2.05, 4.69) is 30.2 Å². The number of nitrogens with two attached hydrogens (primary N) is 1. The Morgan fingerprint density at radius 3 is 2.73 bits per heavy atom. The molecule has 3 atom stereocenters. The molecule has 0 aromatic carbocycles. The van der Waals surface area contributed by atoms with E-state index in [0.717, 1.165) is 25.0 Å². The van der Waals surface area contributed by atoms with E-state index in [1.807, 2.05) is 0 Å². The summed E-state index contributed by atoms with van der Waals surface area (Å²) in [5.41, 5.74) is 5.23. The third kappa shape index (κ3) is 4.16. The Bertz CT molecular complexity index is 1330. The fourth-order valence-corrected chi connectivity index (χ4v) is 5.97. The number of carbonyl (C=O) groups is 1. The number of pyridine rings is 1. The molecule has 3 unspecified atom stereocenters. The Kier molecular flexibility index (Phi) is 5.92. The van der Waals surface area contributed by atoms with Gasteiger partial charge in [0.2, 0.25) is 0 Å². The molecule has 5 heterocycles. The Morgan fingerprint density at radius 1 is 1.19 bits per heavy atom. The molecule has 1 saturated carbocycles. The van der Waals surface area contributed by atoms with Gasteiger partial charge in [-0.05, 0) is 37.9 Å². The van der Waals surface area contributed by atoms with E-state index in [-0.39, 0.29) is 22.9 Å². The quantitative estimate of drug-likeness (QED) is 0.487. The van der Waals surface area contributed by atoms with Gasteiger partial charge in [-0.3, -0.25) is 4.79 Å². The molecular formula is C25H28F3N7O2. The molecule has 4 N–H and O–H groups in total. The first-order valence-electron chi connectivity index (χ1n) is 12.5. The summed E-state index contributed by atoms with van der Waals surface area (Å²) in [7, 11) is 0. The van der Waals surface area contributed by atoms with Crippen LogP contribution in [0, 0.1) is 5.41 Å². The normalized spacial score (nSPS) is 26.9. The summed E-state index contributed by atoms with van der Waals surface area (Å²) in [5, 5.41) is 3.77. The van der Waals surface area contributed by atoms with Crippen LogP contribution in [0.4, 0.5) is 19.0 Å². The number of alkyl halides is 3. The summed E-state index contributed by atoms with van der Waals surface area (Å²) in [6.45, 7) is 3.90. The number of ketones is 1. The van der Waals surface area contributed by atoms with Crippen LogP contribution in [0.5, 0.6) is 0 Å². The predicted molar refractivity (Wildman–Crippen MR) is 130 cm³/mol. The van der Waals surface area contributed by atoms with Crippen LogP contribution in [-0.2, 0) is 15.7 Å². The number of hydrogen-bond donors (Lipinski definition) is 3. The average Bonchev–Trinajstić information content (AvgIpc) is 3.42. The lowest BCUT2D eigenvalue weighted by Gasteiger charge is -2.32. The highest BCUT2D eigenvalue weighted by molar-refractivity contribution is 5.96. The molecule has 0 radical (unpaired) electrons. The monoisotopic (exact) mass is 515 g/mol.